The Morgan fingerprint density at radius 1 is 1.26 bits per heavy atom. The fourth-order valence-electron chi connectivity index (χ4n) is 4.07. The SMILES string of the molecule is Cc1nn(C)c(Cl)c1[C@@H]1CCCN1CC(=O)NC1CCCCC1. The summed E-state index contributed by atoms with van der Waals surface area (Å²) >= 11 is 6.42. The van der Waals surface area contributed by atoms with Crippen molar-refractivity contribution < 1.29 is 4.79 Å². The number of aromatic nitrogens is 2. The van der Waals surface area contributed by atoms with Gasteiger partial charge in [-0.1, -0.05) is 30.9 Å². The zero-order chi connectivity index (χ0) is 16.4. The van der Waals surface area contributed by atoms with Gasteiger partial charge < -0.3 is 5.32 Å². The third kappa shape index (κ3) is 3.72. The summed E-state index contributed by atoms with van der Waals surface area (Å²) in [5.74, 6) is 0.154. The summed E-state index contributed by atoms with van der Waals surface area (Å²) in [6, 6.07) is 0.592. The van der Waals surface area contributed by atoms with Crippen molar-refractivity contribution >= 4 is 17.5 Å². The molecule has 0 unspecified atom stereocenters. The first-order valence-electron chi connectivity index (χ1n) is 8.78. The van der Waals surface area contributed by atoms with Gasteiger partial charge in [-0.2, -0.15) is 5.10 Å². The molecule has 1 atom stereocenters. The number of amides is 1. The largest absolute Gasteiger partial charge is 0.352 e. The van der Waals surface area contributed by atoms with Crippen molar-refractivity contribution in [3.8, 4) is 0 Å². The van der Waals surface area contributed by atoms with Crippen molar-refractivity contribution in [2.75, 3.05) is 13.1 Å². The van der Waals surface area contributed by atoms with E-state index in [1.54, 1.807) is 4.68 Å². The molecule has 1 saturated carbocycles. The molecule has 1 N–H and O–H groups in total. The average molecular weight is 339 g/mol. The summed E-state index contributed by atoms with van der Waals surface area (Å²) < 4.78 is 1.73. The van der Waals surface area contributed by atoms with Gasteiger partial charge in [0, 0.05) is 24.7 Å². The molecule has 0 radical (unpaired) electrons. The molecular weight excluding hydrogens is 312 g/mol. The highest BCUT2D eigenvalue weighted by molar-refractivity contribution is 6.30. The van der Waals surface area contributed by atoms with Crippen LogP contribution in [0.2, 0.25) is 5.15 Å². The molecule has 1 amide bonds. The van der Waals surface area contributed by atoms with Crippen LogP contribution in [0.15, 0.2) is 0 Å². The molecule has 5 nitrogen and oxygen atoms in total. The molecule has 0 bridgehead atoms. The maximum atomic E-state index is 12.4. The molecule has 1 aliphatic heterocycles. The molecule has 2 fully saturated rings. The van der Waals surface area contributed by atoms with Gasteiger partial charge in [0.1, 0.15) is 5.15 Å². The van der Waals surface area contributed by atoms with Crippen LogP contribution in [0, 0.1) is 6.92 Å². The highest BCUT2D eigenvalue weighted by Gasteiger charge is 2.32. The maximum Gasteiger partial charge on any atom is 0.234 e. The maximum absolute atomic E-state index is 12.4. The Labute approximate surface area is 143 Å². The number of aryl methyl sites for hydroxylation is 2. The Kier molecular flexibility index (Phi) is 5.27. The molecule has 2 aliphatic rings. The number of hydrogen-bond acceptors (Lipinski definition) is 3. The van der Waals surface area contributed by atoms with Gasteiger partial charge >= 0.3 is 0 Å². The van der Waals surface area contributed by atoms with E-state index in [1.165, 1.54) is 19.3 Å². The predicted octanol–water partition coefficient (Wildman–Crippen LogP) is 2.97. The van der Waals surface area contributed by atoms with E-state index in [0.717, 1.165) is 43.5 Å². The van der Waals surface area contributed by atoms with E-state index in [4.69, 9.17) is 11.6 Å². The van der Waals surface area contributed by atoms with Crippen molar-refractivity contribution in [1.29, 1.82) is 0 Å². The molecule has 0 aromatic carbocycles. The van der Waals surface area contributed by atoms with E-state index in [1.807, 2.05) is 14.0 Å². The van der Waals surface area contributed by atoms with Crippen LogP contribution >= 0.6 is 11.6 Å². The van der Waals surface area contributed by atoms with Crippen molar-refractivity contribution in [1.82, 2.24) is 20.0 Å². The molecule has 0 spiro atoms. The van der Waals surface area contributed by atoms with Crippen LogP contribution in [-0.2, 0) is 11.8 Å². The minimum absolute atomic E-state index is 0.154. The van der Waals surface area contributed by atoms with Crippen LogP contribution in [-0.4, -0.2) is 39.7 Å². The van der Waals surface area contributed by atoms with E-state index in [-0.39, 0.29) is 11.9 Å². The lowest BCUT2D eigenvalue weighted by Gasteiger charge is -2.27. The average Bonchev–Trinajstić information content (AvgIpc) is 3.05. The molecule has 2 heterocycles. The number of likely N-dealkylation sites (tertiary alicyclic amines) is 1. The second kappa shape index (κ2) is 7.22. The van der Waals surface area contributed by atoms with Gasteiger partial charge in [-0.05, 0) is 39.2 Å². The molecule has 23 heavy (non-hydrogen) atoms. The van der Waals surface area contributed by atoms with Gasteiger partial charge in [0.15, 0.2) is 0 Å². The van der Waals surface area contributed by atoms with Crippen molar-refractivity contribution in [3.63, 3.8) is 0 Å². The second-order valence-electron chi connectivity index (χ2n) is 6.94. The van der Waals surface area contributed by atoms with Crippen LogP contribution in [0.3, 0.4) is 0 Å². The molecular formula is C17H27ClN4O. The molecule has 1 aliphatic carbocycles. The van der Waals surface area contributed by atoms with Gasteiger partial charge in [-0.15, -0.1) is 0 Å². The molecule has 6 heteroatoms. The third-order valence-corrected chi connectivity index (χ3v) is 5.66. The summed E-state index contributed by atoms with van der Waals surface area (Å²) in [6.07, 6.45) is 8.18. The van der Waals surface area contributed by atoms with E-state index in [2.05, 4.69) is 15.3 Å². The van der Waals surface area contributed by atoms with Crippen molar-refractivity contribution in [2.45, 2.75) is 64.0 Å². The van der Waals surface area contributed by atoms with Crippen LogP contribution in [0.25, 0.3) is 0 Å². The summed E-state index contributed by atoms with van der Waals surface area (Å²) in [5.41, 5.74) is 2.07. The normalized spacial score (nSPS) is 23.3. The van der Waals surface area contributed by atoms with E-state index in [0.29, 0.717) is 17.7 Å². The Bertz CT molecular complexity index is 565. The lowest BCUT2D eigenvalue weighted by atomic mass is 9.95. The number of carbonyl (C=O) groups excluding carboxylic acids is 1. The lowest BCUT2D eigenvalue weighted by molar-refractivity contribution is -0.123. The first-order valence-corrected chi connectivity index (χ1v) is 9.16. The van der Waals surface area contributed by atoms with Crippen LogP contribution in [0.1, 0.15) is 62.2 Å². The predicted molar refractivity (Wildman–Crippen MR) is 91.5 cm³/mol. The van der Waals surface area contributed by atoms with Crippen LogP contribution in [0.5, 0.6) is 0 Å². The van der Waals surface area contributed by atoms with Gasteiger partial charge in [-0.25, -0.2) is 0 Å². The standard InChI is InChI=1S/C17H27ClN4O/c1-12-16(17(18)21(2)20-12)14-9-6-10-22(14)11-15(23)19-13-7-4-3-5-8-13/h13-14H,3-11H2,1-2H3,(H,19,23)/t14-/m0/s1. The smallest absolute Gasteiger partial charge is 0.234 e. The van der Waals surface area contributed by atoms with Crippen LogP contribution in [0.4, 0.5) is 0 Å². The van der Waals surface area contributed by atoms with E-state index in [9.17, 15) is 4.79 Å². The zero-order valence-corrected chi connectivity index (χ0v) is 14.9. The monoisotopic (exact) mass is 338 g/mol. The Hall–Kier alpha value is -1.07. The Morgan fingerprint density at radius 3 is 2.65 bits per heavy atom. The fraction of sp³-hybridized carbons (Fsp3) is 0.765. The summed E-state index contributed by atoms with van der Waals surface area (Å²) in [4.78, 5) is 14.7. The molecule has 1 aromatic heterocycles. The molecule has 1 saturated heterocycles. The number of rotatable bonds is 4. The molecule has 128 valence electrons. The minimum Gasteiger partial charge on any atom is -0.352 e. The molecule has 3 rings (SSSR count). The summed E-state index contributed by atoms with van der Waals surface area (Å²) in [7, 11) is 1.87. The highest BCUT2D eigenvalue weighted by atomic mass is 35.5. The summed E-state index contributed by atoms with van der Waals surface area (Å²) in [5, 5.41) is 8.34. The fourth-order valence-corrected chi connectivity index (χ4v) is 4.37. The molecule has 1 aromatic rings. The first kappa shape index (κ1) is 16.8. The highest BCUT2D eigenvalue weighted by Crippen LogP contribution is 2.37. The van der Waals surface area contributed by atoms with Crippen molar-refractivity contribution in [3.05, 3.63) is 16.4 Å². The quantitative estimate of drug-likeness (QED) is 0.918. The van der Waals surface area contributed by atoms with Gasteiger partial charge in [0.25, 0.3) is 0 Å². The number of carbonyl (C=O) groups is 1. The third-order valence-electron chi connectivity index (χ3n) is 5.21. The Morgan fingerprint density at radius 2 is 2.00 bits per heavy atom. The number of hydrogen-bond donors (Lipinski definition) is 1. The first-order chi connectivity index (χ1) is 11.1. The van der Waals surface area contributed by atoms with Crippen LogP contribution < -0.4 is 5.32 Å². The number of halogens is 1. The van der Waals surface area contributed by atoms with E-state index >= 15 is 0 Å². The van der Waals surface area contributed by atoms with Gasteiger partial charge in [0.05, 0.1) is 12.2 Å². The van der Waals surface area contributed by atoms with Gasteiger partial charge in [-0.3, -0.25) is 14.4 Å². The number of nitrogens with zero attached hydrogens (tertiary/aromatic N) is 3. The topological polar surface area (TPSA) is 50.2 Å². The second-order valence-corrected chi connectivity index (χ2v) is 7.30. The van der Waals surface area contributed by atoms with E-state index < -0.39 is 0 Å². The summed E-state index contributed by atoms with van der Waals surface area (Å²) in [6.45, 7) is 3.42. The van der Waals surface area contributed by atoms with Gasteiger partial charge in [0.2, 0.25) is 5.91 Å². The zero-order valence-electron chi connectivity index (χ0n) is 14.1. The van der Waals surface area contributed by atoms with Crippen molar-refractivity contribution in [2.24, 2.45) is 7.05 Å². The Balaban J connectivity index is 1.63. The number of nitrogens with one attached hydrogen (secondary N) is 1. The lowest BCUT2D eigenvalue weighted by Crippen LogP contribution is -2.42. The minimum atomic E-state index is 0.154.